The Morgan fingerprint density at radius 3 is 2.67 bits per heavy atom. The first-order chi connectivity index (χ1) is 11.4. The van der Waals surface area contributed by atoms with Crippen molar-refractivity contribution >= 4 is 35.0 Å². The van der Waals surface area contributed by atoms with Gasteiger partial charge in [-0.25, -0.2) is 4.68 Å². The van der Waals surface area contributed by atoms with E-state index < -0.39 is 5.97 Å². The van der Waals surface area contributed by atoms with Crippen molar-refractivity contribution in [1.29, 1.82) is 0 Å². The number of ketones is 1. The van der Waals surface area contributed by atoms with Gasteiger partial charge in [0, 0.05) is 17.0 Å². The van der Waals surface area contributed by atoms with Crippen molar-refractivity contribution in [2.75, 3.05) is 0 Å². The Morgan fingerprint density at radius 2 is 2.08 bits per heavy atom. The lowest BCUT2D eigenvalue weighted by Gasteiger charge is -2.09. The number of carbonyl (C=O) groups excluding carboxylic acids is 2. The molecule has 0 saturated heterocycles. The van der Waals surface area contributed by atoms with Gasteiger partial charge in [-0.15, -0.1) is 6.58 Å². The van der Waals surface area contributed by atoms with Gasteiger partial charge in [0.05, 0.1) is 17.3 Å². The average Bonchev–Trinajstić information content (AvgIpc) is 2.82. The first-order valence-corrected chi connectivity index (χ1v) is 8.03. The molecular formula is C17H16Cl2N2O3. The Labute approximate surface area is 149 Å². The third-order valence-electron chi connectivity index (χ3n) is 3.28. The van der Waals surface area contributed by atoms with E-state index in [9.17, 15) is 9.59 Å². The summed E-state index contributed by atoms with van der Waals surface area (Å²) in [6, 6.07) is 4.59. The molecule has 0 aliphatic heterocycles. The molecule has 0 N–H and O–H groups in total. The second kappa shape index (κ2) is 7.64. The molecule has 1 aromatic heterocycles. The number of halogens is 2. The molecule has 0 radical (unpaired) electrons. The minimum Gasteiger partial charge on any atom is -0.407 e. The van der Waals surface area contributed by atoms with Crippen molar-refractivity contribution in [3.63, 3.8) is 0 Å². The van der Waals surface area contributed by atoms with Gasteiger partial charge in [-0.2, -0.15) is 5.10 Å². The monoisotopic (exact) mass is 366 g/mol. The van der Waals surface area contributed by atoms with Crippen LogP contribution >= 0.6 is 23.2 Å². The van der Waals surface area contributed by atoms with Gasteiger partial charge in [0.25, 0.3) is 0 Å². The van der Waals surface area contributed by atoms with Crippen molar-refractivity contribution in [3.8, 4) is 5.88 Å². The number of allylic oxidation sites excluding steroid dienone is 1. The average molecular weight is 367 g/mol. The summed E-state index contributed by atoms with van der Waals surface area (Å²) in [5.41, 5.74) is 0.894. The van der Waals surface area contributed by atoms with Gasteiger partial charge >= 0.3 is 5.97 Å². The maximum Gasteiger partial charge on any atom is 0.312 e. The van der Waals surface area contributed by atoms with Crippen molar-refractivity contribution in [2.45, 2.75) is 26.8 Å². The summed E-state index contributed by atoms with van der Waals surface area (Å²) >= 11 is 12.0. The Balaban J connectivity index is 2.57. The van der Waals surface area contributed by atoms with Crippen molar-refractivity contribution < 1.29 is 14.3 Å². The van der Waals surface area contributed by atoms with E-state index >= 15 is 0 Å². The molecular weight excluding hydrogens is 351 g/mol. The van der Waals surface area contributed by atoms with Crippen LogP contribution in [0, 0.1) is 6.92 Å². The van der Waals surface area contributed by atoms with Gasteiger partial charge in [-0.1, -0.05) is 36.2 Å². The number of ether oxygens (including phenoxy) is 1. The lowest BCUT2D eigenvalue weighted by Crippen LogP contribution is -2.13. The van der Waals surface area contributed by atoms with Gasteiger partial charge in [-0.05, 0) is 25.1 Å². The molecule has 0 amide bonds. The predicted octanol–water partition coefficient (Wildman–Crippen LogP) is 4.23. The molecule has 0 aliphatic carbocycles. The number of esters is 1. The van der Waals surface area contributed by atoms with Crippen LogP contribution in [0.1, 0.15) is 35.0 Å². The molecule has 0 unspecified atom stereocenters. The van der Waals surface area contributed by atoms with E-state index in [-0.39, 0.29) is 34.2 Å². The Kier molecular flexibility index (Phi) is 5.80. The molecule has 24 heavy (non-hydrogen) atoms. The SMILES string of the molecule is C=CCn1nc(C)c(C(=O)c2ccc(Cl)cc2Cl)c1OC(=O)CC. The zero-order chi connectivity index (χ0) is 17.9. The number of benzene rings is 1. The topological polar surface area (TPSA) is 61.2 Å². The fraction of sp³-hybridized carbons (Fsp3) is 0.235. The Bertz CT molecular complexity index is 812. The summed E-state index contributed by atoms with van der Waals surface area (Å²) in [7, 11) is 0. The lowest BCUT2D eigenvalue weighted by molar-refractivity contribution is -0.134. The van der Waals surface area contributed by atoms with Crippen LogP contribution in [0.25, 0.3) is 0 Å². The molecule has 1 heterocycles. The third-order valence-corrected chi connectivity index (χ3v) is 3.83. The fourth-order valence-electron chi connectivity index (χ4n) is 2.16. The molecule has 5 nitrogen and oxygen atoms in total. The first kappa shape index (κ1) is 18.2. The normalized spacial score (nSPS) is 10.5. The molecule has 0 aliphatic rings. The van der Waals surface area contributed by atoms with Gasteiger partial charge in [0.1, 0.15) is 5.56 Å². The quantitative estimate of drug-likeness (QED) is 0.436. The minimum atomic E-state index is -0.462. The van der Waals surface area contributed by atoms with E-state index in [1.54, 1.807) is 26.0 Å². The van der Waals surface area contributed by atoms with Crippen molar-refractivity contribution in [1.82, 2.24) is 9.78 Å². The van der Waals surface area contributed by atoms with Crippen LogP contribution in [0.15, 0.2) is 30.9 Å². The fourth-order valence-corrected chi connectivity index (χ4v) is 2.65. The van der Waals surface area contributed by atoms with Crippen LogP contribution in [0.2, 0.25) is 10.0 Å². The molecule has 0 fully saturated rings. The molecule has 0 spiro atoms. The number of nitrogens with zero attached hydrogens (tertiary/aromatic N) is 2. The number of rotatable bonds is 6. The van der Waals surface area contributed by atoms with E-state index in [1.165, 1.54) is 16.8 Å². The maximum absolute atomic E-state index is 12.9. The second-order valence-electron chi connectivity index (χ2n) is 5.02. The van der Waals surface area contributed by atoms with Crippen LogP contribution in [-0.2, 0) is 11.3 Å². The van der Waals surface area contributed by atoms with Crippen LogP contribution in [0.5, 0.6) is 5.88 Å². The van der Waals surface area contributed by atoms with Crippen LogP contribution in [0.3, 0.4) is 0 Å². The molecule has 2 rings (SSSR count). The van der Waals surface area contributed by atoms with E-state index in [0.717, 1.165) is 0 Å². The molecule has 126 valence electrons. The number of aryl methyl sites for hydroxylation is 1. The van der Waals surface area contributed by atoms with Gasteiger partial charge in [0.15, 0.2) is 0 Å². The standard InChI is InChI=1S/C17H16Cl2N2O3/c1-4-8-21-17(24-14(22)5-2)15(10(3)20-21)16(23)12-7-6-11(18)9-13(12)19/h4,6-7,9H,1,5,8H2,2-3H3. The van der Waals surface area contributed by atoms with E-state index in [1.807, 2.05) is 0 Å². The second-order valence-corrected chi connectivity index (χ2v) is 5.86. The zero-order valence-electron chi connectivity index (χ0n) is 13.3. The number of hydrogen-bond acceptors (Lipinski definition) is 4. The largest absolute Gasteiger partial charge is 0.407 e. The van der Waals surface area contributed by atoms with Crippen molar-refractivity contribution in [3.05, 3.63) is 57.7 Å². The summed E-state index contributed by atoms with van der Waals surface area (Å²) in [6.07, 6.45) is 1.77. The van der Waals surface area contributed by atoms with Gasteiger partial charge in [0.2, 0.25) is 11.7 Å². The highest BCUT2D eigenvalue weighted by molar-refractivity contribution is 6.37. The highest BCUT2D eigenvalue weighted by Gasteiger charge is 2.26. The number of hydrogen-bond donors (Lipinski definition) is 0. The molecule has 2 aromatic rings. The summed E-state index contributed by atoms with van der Waals surface area (Å²) in [4.78, 5) is 24.6. The van der Waals surface area contributed by atoms with Crippen LogP contribution in [0.4, 0.5) is 0 Å². The molecule has 0 bridgehead atoms. The summed E-state index contributed by atoms with van der Waals surface area (Å²) in [5, 5.41) is 4.90. The lowest BCUT2D eigenvalue weighted by atomic mass is 10.0. The minimum absolute atomic E-state index is 0.0928. The highest BCUT2D eigenvalue weighted by Crippen LogP contribution is 2.30. The molecule has 7 heteroatoms. The molecule has 0 saturated carbocycles. The van der Waals surface area contributed by atoms with Gasteiger partial charge < -0.3 is 4.74 Å². The smallest absolute Gasteiger partial charge is 0.312 e. The third kappa shape index (κ3) is 3.68. The first-order valence-electron chi connectivity index (χ1n) is 7.27. The summed E-state index contributed by atoms with van der Waals surface area (Å²) < 4.78 is 6.75. The highest BCUT2D eigenvalue weighted by atomic mass is 35.5. The van der Waals surface area contributed by atoms with Crippen LogP contribution in [-0.4, -0.2) is 21.5 Å². The number of aromatic nitrogens is 2. The van der Waals surface area contributed by atoms with E-state index in [2.05, 4.69) is 11.7 Å². The Morgan fingerprint density at radius 1 is 1.38 bits per heavy atom. The molecule has 0 atom stereocenters. The van der Waals surface area contributed by atoms with E-state index in [4.69, 9.17) is 27.9 Å². The summed E-state index contributed by atoms with van der Waals surface area (Å²) in [5.74, 6) is -0.755. The number of carbonyl (C=O) groups is 2. The summed E-state index contributed by atoms with van der Waals surface area (Å²) in [6.45, 7) is 7.27. The van der Waals surface area contributed by atoms with Gasteiger partial charge in [-0.3, -0.25) is 9.59 Å². The predicted molar refractivity (Wildman–Crippen MR) is 93.0 cm³/mol. The zero-order valence-corrected chi connectivity index (χ0v) is 14.8. The maximum atomic E-state index is 12.9. The van der Waals surface area contributed by atoms with E-state index in [0.29, 0.717) is 17.3 Å². The Hall–Kier alpha value is -2.11. The van der Waals surface area contributed by atoms with Crippen molar-refractivity contribution in [2.24, 2.45) is 0 Å². The van der Waals surface area contributed by atoms with Crippen LogP contribution < -0.4 is 4.74 Å². The molecule has 1 aromatic carbocycles.